The van der Waals surface area contributed by atoms with E-state index in [1.54, 1.807) is 33.9 Å². The van der Waals surface area contributed by atoms with E-state index in [1.165, 1.54) is 6.08 Å². The summed E-state index contributed by atoms with van der Waals surface area (Å²) in [6.45, 7) is 0.586. The van der Waals surface area contributed by atoms with E-state index in [1.807, 2.05) is 37.5 Å². The van der Waals surface area contributed by atoms with Crippen LogP contribution in [0.15, 0.2) is 59.5 Å². The standard InChI is InChI=1S/C17H16BrN5O/c1-22-11-14(10-20-22)4-7-17(24)21-16-8-9-19-23(16)12-13-2-5-15(18)6-3-13/h2-11H,12H2,1H3,(H,21,24)/b7-4+. The van der Waals surface area contributed by atoms with Crippen molar-refractivity contribution in [3.63, 3.8) is 0 Å². The Bertz CT molecular complexity index is 863. The second kappa shape index (κ2) is 7.27. The van der Waals surface area contributed by atoms with Gasteiger partial charge in [-0.15, -0.1) is 0 Å². The summed E-state index contributed by atoms with van der Waals surface area (Å²) in [7, 11) is 1.83. The van der Waals surface area contributed by atoms with Crippen molar-refractivity contribution in [3.05, 3.63) is 70.6 Å². The Morgan fingerprint density at radius 3 is 2.75 bits per heavy atom. The van der Waals surface area contributed by atoms with Gasteiger partial charge in [0.15, 0.2) is 0 Å². The van der Waals surface area contributed by atoms with Gasteiger partial charge in [0.05, 0.1) is 18.9 Å². The molecule has 0 atom stereocenters. The minimum absolute atomic E-state index is 0.212. The summed E-state index contributed by atoms with van der Waals surface area (Å²) in [5, 5.41) is 11.2. The molecule has 0 fully saturated rings. The van der Waals surface area contributed by atoms with Crippen molar-refractivity contribution in [3.8, 4) is 0 Å². The van der Waals surface area contributed by atoms with Crippen molar-refractivity contribution in [1.29, 1.82) is 0 Å². The molecule has 0 aliphatic heterocycles. The summed E-state index contributed by atoms with van der Waals surface area (Å²) in [6, 6.07) is 9.76. The molecular formula is C17H16BrN5O. The molecule has 0 saturated carbocycles. The van der Waals surface area contributed by atoms with Crippen LogP contribution in [0.3, 0.4) is 0 Å². The number of hydrogen-bond donors (Lipinski definition) is 1. The van der Waals surface area contributed by atoms with E-state index in [4.69, 9.17) is 0 Å². The predicted molar refractivity (Wildman–Crippen MR) is 96.3 cm³/mol. The fourth-order valence-corrected chi connectivity index (χ4v) is 2.46. The molecule has 0 radical (unpaired) electrons. The summed E-state index contributed by atoms with van der Waals surface area (Å²) in [5.74, 6) is 0.440. The summed E-state index contributed by atoms with van der Waals surface area (Å²) in [4.78, 5) is 12.1. The Hall–Kier alpha value is -2.67. The van der Waals surface area contributed by atoms with Crippen LogP contribution in [0.1, 0.15) is 11.1 Å². The van der Waals surface area contributed by atoms with Crippen LogP contribution in [0.4, 0.5) is 5.82 Å². The van der Waals surface area contributed by atoms with Crippen molar-refractivity contribution in [2.45, 2.75) is 6.54 Å². The molecule has 3 aromatic rings. The van der Waals surface area contributed by atoms with Gasteiger partial charge in [0, 0.05) is 35.4 Å². The first-order chi connectivity index (χ1) is 11.6. The smallest absolute Gasteiger partial charge is 0.249 e. The highest BCUT2D eigenvalue weighted by atomic mass is 79.9. The maximum atomic E-state index is 12.1. The lowest BCUT2D eigenvalue weighted by Crippen LogP contribution is -2.13. The third-order valence-corrected chi connectivity index (χ3v) is 3.89. The first kappa shape index (κ1) is 16.2. The molecule has 0 bridgehead atoms. The number of aromatic nitrogens is 4. The fourth-order valence-electron chi connectivity index (χ4n) is 2.19. The number of benzene rings is 1. The van der Waals surface area contributed by atoms with Crippen molar-refractivity contribution in [2.75, 3.05) is 5.32 Å². The maximum Gasteiger partial charge on any atom is 0.249 e. The Morgan fingerprint density at radius 2 is 2.04 bits per heavy atom. The van der Waals surface area contributed by atoms with Gasteiger partial charge in [0.1, 0.15) is 5.82 Å². The lowest BCUT2D eigenvalue weighted by molar-refractivity contribution is -0.111. The van der Waals surface area contributed by atoms with Crippen molar-refractivity contribution in [1.82, 2.24) is 19.6 Å². The van der Waals surface area contributed by atoms with Gasteiger partial charge in [-0.2, -0.15) is 10.2 Å². The lowest BCUT2D eigenvalue weighted by atomic mass is 10.2. The number of amides is 1. The zero-order valence-corrected chi connectivity index (χ0v) is 14.6. The highest BCUT2D eigenvalue weighted by molar-refractivity contribution is 9.10. The van der Waals surface area contributed by atoms with Gasteiger partial charge in [-0.1, -0.05) is 28.1 Å². The number of hydrogen-bond acceptors (Lipinski definition) is 3. The molecule has 6 nitrogen and oxygen atoms in total. The van der Waals surface area contributed by atoms with Gasteiger partial charge in [0.2, 0.25) is 5.91 Å². The second-order valence-corrected chi connectivity index (χ2v) is 6.19. The van der Waals surface area contributed by atoms with Crippen molar-refractivity contribution >= 4 is 33.7 Å². The number of aryl methyl sites for hydroxylation is 1. The highest BCUT2D eigenvalue weighted by Crippen LogP contribution is 2.14. The van der Waals surface area contributed by atoms with E-state index in [0.717, 1.165) is 15.6 Å². The molecule has 0 spiro atoms. The number of halogens is 1. The quantitative estimate of drug-likeness (QED) is 0.686. The van der Waals surface area contributed by atoms with Gasteiger partial charge in [-0.3, -0.25) is 9.48 Å². The maximum absolute atomic E-state index is 12.1. The summed E-state index contributed by atoms with van der Waals surface area (Å²) >= 11 is 3.42. The van der Waals surface area contributed by atoms with Crippen LogP contribution in [0.5, 0.6) is 0 Å². The van der Waals surface area contributed by atoms with E-state index < -0.39 is 0 Å². The van der Waals surface area contributed by atoms with Gasteiger partial charge in [-0.25, -0.2) is 4.68 Å². The topological polar surface area (TPSA) is 64.7 Å². The first-order valence-electron chi connectivity index (χ1n) is 7.34. The zero-order chi connectivity index (χ0) is 16.9. The average molecular weight is 386 g/mol. The Balaban J connectivity index is 1.65. The average Bonchev–Trinajstić information content (AvgIpc) is 3.17. The number of carbonyl (C=O) groups is 1. The highest BCUT2D eigenvalue weighted by Gasteiger charge is 2.06. The molecule has 3 rings (SSSR count). The number of anilines is 1. The van der Waals surface area contributed by atoms with Crippen LogP contribution in [0, 0.1) is 0 Å². The molecule has 7 heteroatoms. The zero-order valence-electron chi connectivity index (χ0n) is 13.1. The molecule has 2 heterocycles. The normalized spacial score (nSPS) is 11.1. The minimum atomic E-state index is -0.212. The monoisotopic (exact) mass is 385 g/mol. The Kier molecular flexibility index (Phi) is 4.90. The molecule has 122 valence electrons. The number of rotatable bonds is 5. The fraction of sp³-hybridized carbons (Fsp3) is 0.118. The lowest BCUT2D eigenvalue weighted by Gasteiger charge is -2.08. The van der Waals surface area contributed by atoms with E-state index in [9.17, 15) is 4.79 Å². The van der Waals surface area contributed by atoms with E-state index in [-0.39, 0.29) is 5.91 Å². The van der Waals surface area contributed by atoms with Gasteiger partial charge >= 0.3 is 0 Å². The molecule has 24 heavy (non-hydrogen) atoms. The van der Waals surface area contributed by atoms with Crippen LogP contribution in [-0.2, 0) is 18.4 Å². The third kappa shape index (κ3) is 4.20. The third-order valence-electron chi connectivity index (χ3n) is 3.37. The van der Waals surface area contributed by atoms with Gasteiger partial charge < -0.3 is 5.32 Å². The molecule has 2 aromatic heterocycles. The van der Waals surface area contributed by atoms with Crippen molar-refractivity contribution < 1.29 is 4.79 Å². The largest absolute Gasteiger partial charge is 0.307 e. The minimum Gasteiger partial charge on any atom is -0.307 e. The molecule has 0 unspecified atom stereocenters. The van der Waals surface area contributed by atoms with Crippen LogP contribution in [0.25, 0.3) is 6.08 Å². The van der Waals surface area contributed by atoms with E-state index in [2.05, 4.69) is 31.4 Å². The molecule has 0 saturated heterocycles. The molecular weight excluding hydrogens is 370 g/mol. The van der Waals surface area contributed by atoms with E-state index >= 15 is 0 Å². The first-order valence-corrected chi connectivity index (χ1v) is 8.13. The molecule has 1 amide bonds. The van der Waals surface area contributed by atoms with Crippen LogP contribution < -0.4 is 5.32 Å². The Labute approximate surface area is 147 Å². The van der Waals surface area contributed by atoms with Gasteiger partial charge in [-0.05, 0) is 23.8 Å². The van der Waals surface area contributed by atoms with E-state index in [0.29, 0.717) is 12.4 Å². The predicted octanol–water partition coefficient (Wildman–Crippen LogP) is 3.08. The van der Waals surface area contributed by atoms with Crippen LogP contribution >= 0.6 is 15.9 Å². The second-order valence-electron chi connectivity index (χ2n) is 5.27. The number of nitrogens with one attached hydrogen (secondary N) is 1. The summed E-state index contributed by atoms with van der Waals surface area (Å²) < 4.78 is 4.46. The molecule has 1 aromatic carbocycles. The molecule has 0 aliphatic carbocycles. The Morgan fingerprint density at radius 1 is 1.25 bits per heavy atom. The van der Waals surface area contributed by atoms with Crippen LogP contribution in [0.2, 0.25) is 0 Å². The summed E-state index contributed by atoms with van der Waals surface area (Å²) in [5.41, 5.74) is 1.97. The number of carbonyl (C=O) groups excluding carboxylic acids is 1. The number of nitrogens with zero attached hydrogens (tertiary/aromatic N) is 4. The SMILES string of the molecule is Cn1cc(/C=C/C(=O)Nc2ccnn2Cc2ccc(Br)cc2)cn1. The molecule has 0 aliphatic rings. The van der Waals surface area contributed by atoms with Gasteiger partial charge in [0.25, 0.3) is 0 Å². The van der Waals surface area contributed by atoms with Crippen LogP contribution in [-0.4, -0.2) is 25.5 Å². The molecule has 1 N–H and O–H groups in total. The van der Waals surface area contributed by atoms with Crippen molar-refractivity contribution in [2.24, 2.45) is 7.05 Å². The summed E-state index contributed by atoms with van der Waals surface area (Å²) in [6.07, 6.45) is 8.40.